The molecule has 1 N–H and O–H groups in total. The van der Waals surface area contributed by atoms with Gasteiger partial charge in [-0.1, -0.05) is 23.7 Å². The molecule has 128 valence electrons. The quantitative estimate of drug-likeness (QED) is 0.671. The molecule has 1 aliphatic rings. The van der Waals surface area contributed by atoms with Crippen LogP contribution in [0.1, 0.15) is 5.56 Å². The summed E-state index contributed by atoms with van der Waals surface area (Å²) in [6.07, 6.45) is 1.58. The Hall–Kier alpha value is -2.99. The molecule has 0 aromatic heterocycles. The summed E-state index contributed by atoms with van der Waals surface area (Å²) >= 11 is 5.94. The highest BCUT2D eigenvalue weighted by molar-refractivity contribution is 6.32. The van der Waals surface area contributed by atoms with Crippen LogP contribution in [0.3, 0.4) is 0 Å². The van der Waals surface area contributed by atoms with E-state index in [0.29, 0.717) is 27.8 Å². The Morgan fingerprint density at radius 2 is 1.80 bits per heavy atom. The Balaban J connectivity index is 1.93. The molecule has 2 aromatic carbocycles. The zero-order valence-corrected chi connectivity index (χ0v) is 14.3. The van der Waals surface area contributed by atoms with Gasteiger partial charge in [0.1, 0.15) is 5.70 Å². The number of methoxy groups -OCH3 is 2. The van der Waals surface area contributed by atoms with Crippen molar-refractivity contribution in [3.8, 4) is 11.5 Å². The summed E-state index contributed by atoms with van der Waals surface area (Å²) in [5.74, 6) is 0.648. The van der Waals surface area contributed by atoms with Crippen LogP contribution in [0, 0.1) is 0 Å². The molecule has 1 aliphatic heterocycles. The molecule has 0 aliphatic carbocycles. The number of amides is 3. The Bertz CT molecular complexity index is 879. The Morgan fingerprint density at radius 3 is 2.48 bits per heavy atom. The smallest absolute Gasteiger partial charge is 0.333 e. The summed E-state index contributed by atoms with van der Waals surface area (Å²) in [6.45, 7) is 0. The van der Waals surface area contributed by atoms with Gasteiger partial charge < -0.3 is 14.8 Å². The van der Waals surface area contributed by atoms with Crippen LogP contribution in [0.15, 0.2) is 48.2 Å². The maximum Gasteiger partial charge on any atom is 0.333 e. The van der Waals surface area contributed by atoms with E-state index in [1.807, 2.05) is 0 Å². The van der Waals surface area contributed by atoms with Crippen molar-refractivity contribution in [2.75, 3.05) is 19.1 Å². The van der Waals surface area contributed by atoms with E-state index < -0.39 is 11.9 Å². The lowest BCUT2D eigenvalue weighted by Gasteiger charge is -2.11. The number of urea groups is 1. The molecule has 7 heteroatoms. The number of benzene rings is 2. The number of anilines is 1. The first kappa shape index (κ1) is 16.9. The minimum atomic E-state index is -0.529. The number of halogens is 1. The van der Waals surface area contributed by atoms with Crippen LogP contribution in [0.4, 0.5) is 10.5 Å². The van der Waals surface area contributed by atoms with E-state index in [9.17, 15) is 9.59 Å². The van der Waals surface area contributed by atoms with Crippen molar-refractivity contribution in [3.05, 3.63) is 58.7 Å². The minimum Gasteiger partial charge on any atom is -0.493 e. The highest BCUT2D eigenvalue weighted by Gasteiger charge is 2.34. The summed E-state index contributed by atoms with van der Waals surface area (Å²) in [4.78, 5) is 25.8. The van der Waals surface area contributed by atoms with Crippen molar-refractivity contribution >= 4 is 35.3 Å². The molecule has 6 nitrogen and oxygen atoms in total. The van der Waals surface area contributed by atoms with E-state index in [-0.39, 0.29) is 5.70 Å². The van der Waals surface area contributed by atoms with Crippen LogP contribution in [0.25, 0.3) is 6.08 Å². The van der Waals surface area contributed by atoms with E-state index in [1.54, 1.807) is 55.7 Å². The van der Waals surface area contributed by atoms with Crippen molar-refractivity contribution in [2.45, 2.75) is 0 Å². The maximum absolute atomic E-state index is 12.6. The number of nitrogens with one attached hydrogen (secondary N) is 1. The first-order valence-electron chi connectivity index (χ1n) is 7.38. The molecule has 0 atom stereocenters. The monoisotopic (exact) mass is 358 g/mol. The van der Waals surface area contributed by atoms with Crippen molar-refractivity contribution < 1.29 is 19.1 Å². The number of rotatable bonds is 4. The summed E-state index contributed by atoms with van der Waals surface area (Å²) in [5, 5.41) is 3.01. The zero-order valence-electron chi connectivity index (χ0n) is 13.6. The standard InChI is InChI=1S/C18H15ClN2O4/c1-24-15-7-6-11(9-16(15)25-2)8-14-17(22)21(18(23)20-14)13-5-3-4-12(19)10-13/h3-10H,1-2H3,(H,20,23)/b14-8+. The van der Waals surface area contributed by atoms with Gasteiger partial charge in [0, 0.05) is 5.02 Å². The molecular formula is C18H15ClN2O4. The second-order valence-corrected chi connectivity index (χ2v) is 5.66. The summed E-state index contributed by atoms with van der Waals surface area (Å²) in [7, 11) is 3.07. The van der Waals surface area contributed by atoms with Crippen molar-refractivity contribution in [1.29, 1.82) is 0 Å². The number of carbonyl (C=O) groups is 2. The van der Waals surface area contributed by atoms with Gasteiger partial charge in [0.25, 0.3) is 5.91 Å². The van der Waals surface area contributed by atoms with Crippen LogP contribution in [0.2, 0.25) is 5.02 Å². The predicted octanol–water partition coefficient (Wildman–Crippen LogP) is 3.45. The Morgan fingerprint density at radius 1 is 1.04 bits per heavy atom. The second-order valence-electron chi connectivity index (χ2n) is 5.22. The summed E-state index contributed by atoms with van der Waals surface area (Å²) in [6, 6.07) is 11.2. The van der Waals surface area contributed by atoms with E-state index in [2.05, 4.69) is 5.32 Å². The average molecular weight is 359 g/mol. The third-order valence-electron chi connectivity index (χ3n) is 3.66. The van der Waals surface area contributed by atoms with Crippen LogP contribution in [-0.4, -0.2) is 26.2 Å². The van der Waals surface area contributed by atoms with E-state index in [0.717, 1.165) is 4.90 Å². The summed E-state index contributed by atoms with van der Waals surface area (Å²) < 4.78 is 10.4. The van der Waals surface area contributed by atoms with Crippen LogP contribution < -0.4 is 19.7 Å². The number of carbonyl (C=O) groups excluding carboxylic acids is 2. The lowest BCUT2D eigenvalue weighted by atomic mass is 10.1. The summed E-state index contributed by atoms with van der Waals surface area (Å²) in [5.41, 5.74) is 1.26. The van der Waals surface area contributed by atoms with Gasteiger partial charge in [0.05, 0.1) is 19.9 Å². The number of nitrogens with zero attached hydrogens (tertiary/aromatic N) is 1. The van der Waals surface area contributed by atoms with Crippen LogP contribution in [0.5, 0.6) is 11.5 Å². The molecule has 1 saturated heterocycles. The van der Waals surface area contributed by atoms with Gasteiger partial charge in [-0.05, 0) is 42.0 Å². The second kappa shape index (κ2) is 6.86. The largest absolute Gasteiger partial charge is 0.493 e. The molecular weight excluding hydrogens is 344 g/mol. The molecule has 0 radical (unpaired) electrons. The van der Waals surface area contributed by atoms with Gasteiger partial charge in [-0.3, -0.25) is 4.79 Å². The fraction of sp³-hybridized carbons (Fsp3) is 0.111. The number of hydrogen-bond acceptors (Lipinski definition) is 4. The fourth-order valence-corrected chi connectivity index (χ4v) is 2.68. The first-order valence-corrected chi connectivity index (χ1v) is 7.76. The van der Waals surface area contributed by atoms with Crippen LogP contribution in [-0.2, 0) is 4.79 Å². The first-order chi connectivity index (χ1) is 12.0. The Labute approximate surface area is 149 Å². The molecule has 3 rings (SSSR count). The number of imide groups is 1. The maximum atomic E-state index is 12.6. The Kier molecular flexibility index (Phi) is 4.63. The molecule has 0 saturated carbocycles. The number of hydrogen-bond donors (Lipinski definition) is 1. The predicted molar refractivity (Wildman–Crippen MR) is 95.0 cm³/mol. The minimum absolute atomic E-state index is 0.164. The normalized spacial score (nSPS) is 15.5. The average Bonchev–Trinajstić information content (AvgIpc) is 2.88. The van der Waals surface area contributed by atoms with Crippen LogP contribution >= 0.6 is 11.6 Å². The molecule has 0 unspecified atom stereocenters. The van der Waals surface area contributed by atoms with E-state index >= 15 is 0 Å². The lowest BCUT2D eigenvalue weighted by Crippen LogP contribution is -2.30. The number of ether oxygens (including phenoxy) is 2. The highest BCUT2D eigenvalue weighted by atomic mass is 35.5. The van der Waals surface area contributed by atoms with E-state index in [1.165, 1.54) is 7.11 Å². The molecule has 2 aromatic rings. The van der Waals surface area contributed by atoms with Crippen molar-refractivity contribution in [1.82, 2.24) is 5.32 Å². The van der Waals surface area contributed by atoms with E-state index in [4.69, 9.17) is 21.1 Å². The third kappa shape index (κ3) is 3.29. The van der Waals surface area contributed by atoms with Crippen molar-refractivity contribution in [2.24, 2.45) is 0 Å². The molecule has 1 heterocycles. The molecule has 3 amide bonds. The molecule has 1 fully saturated rings. The molecule has 25 heavy (non-hydrogen) atoms. The zero-order chi connectivity index (χ0) is 18.0. The van der Waals surface area contributed by atoms with Gasteiger partial charge in [0.2, 0.25) is 0 Å². The van der Waals surface area contributed by atoms with Gasteiger partial charge in [-0.2, -0.15) is 0 Å². The molecule has 0 spiro atoms. The molecule has 0 bridgehead atoms. The SMILES string of the molecule is COc1ccc(/C=C2/NC(=O)N(c3cccc(Cl)c3)C2=O)cc1OC. The topological polar surface area (TPSA) is 67.9 Å². The highest BCUT2D eigenvalue weighted by Crippen LogP contribution is 2.29. The van der Waals surface area contributed by atoms with Gasteiger partial charge in [0.15, 0.2) is 11.5 Å². The van der Waals surface area contributed by atoms with Crippen molar-refractivity contribution in [3.63, 3.8) is 0 Å². The van der Waals surface area contributed by atoms with Gasteiger partial charge >= 0.3 is 6.03 Å². The third-order valence-corrected chi connectivity index (χ3v) is 3.90. The van der Waals surface area contributed by atoms with Gasteiger partial charge in [-0.15, -0.1) is 0 Å². The van der Waals surface area contributed by atoms with Gasteiger partial charge in [-0.25, -0.2) is 9.69 Å². The fourth-order valence-electron chi connectivity index (χ4n) is 2.49. The lowest BCUT2D eigenvalue weighted by molar-refractivity contribution is -0.113.